The van der Waals surface area contributed by atoms with Gasteiger partial charge in [0.25, 0.3) is 0 Å². The van der Waals surface area contributed by atoms with Crippen LogP contribution in [-0.4, -0.2) is 41.2 Å². The number of ether oxygens (including phenoxy) is 2. The summed E-state index contributed by atoms with van der Waals surface area (Å²) < 4.78 is 11.6. The molecule has 0 spiro atoms. The van der Waals surface area contributed by atoms with Gasteiger partial charge in [-0.05, 0) is 63.3 Å². The number of esters is 1. The summed E-state index contributed by atoms with van der Waals surface area (Å²) >= 11 is 0. The fourth-order valence-corrected chi connectivity index (χ4v) is 5.03. The smallest absolute Gasteiger partial charge is 0.411 e. The van der Waals surface area contributed by atoms with Crippen LogP contribution in [0.1, 0.15) is 62.8 Å². The highest BCUT2D eigenvalue weighted by Gasteiger charge is 2.52. The molecule has 0 aliphatic carbocycles. The zero-order valence-corrected chi connectivity index (χ0v) is 22.6. The van der Waals surface area contributed by atoms with Crippen LogP contribution in [0.2, 0.25) is 0 Å². The van der Waals surface area contributed by atoms with Crippen molar-refractivity contribution in [2.24, 2.45) is 0 Å². The van der Waals surface area contributed by atoms with Gasteiger partial charge in [-0.2, -0.15) is 0 Å². The zero-order valence-electron chi connectivity index (χ0n) is 22.6. The van der Waals surface area contributed by atoms with Crippen LogP contribution in [0.15, 0.2) is 91.0 Å². The first-order chi connectivity index (χ1) is 18.3. The van der Waals surface area contributed by atoms with E-state index in [9.17, 15) is 9.59 Å². The third kappa shape index (κ3) is 6.81. The average Bonchev–Trinajstić information content (AvgIpc) is 3.36. The molecule has 3 aromatic rings. The second-order valence-corrected chi connectivity index (χ2v) is 10.8. The molecule has 0 unspecified atom stereocenters. The van der Waals surface area contributed by atoms with Crippen molar-refractivity contribution in [1.82, 2.24) is 10.2 Å². The molecule has 1 aliphatic rings. The molecule has 1 saturated heterocycles. The van der Waals surface area contributed by atoms with Crippen LogP contribution in [0.5, 0.6) is 0 Å². The number of nitrogens with zero attached hydrogens (tertiary/aromatic N) is 1. The van der Waals surface area contributed by atoms with Gasteiger partial charge in [-0.25, -0.2) is 9.59 Å². The molecule has 1 amide bonds. The Morgan fingerprint density at radius 3 is 2.00 bits per heavy atom. The van der Waals surface area contributed by atoms with Crippen molar-refractivity contribution in [3.05, 3.63) is 108 Å². The van der Waals surface area contributed by atoms with Gasteiger partial charge in [-0.15, -0.1) is 0 Å². The topological polar surface area (TPSA) is 67.9 Å². The Balaban J connectivity index is 1.54. The van der Waals surface area contributed by atoms with Crippen LogP contribution in [0.3, 0.4) is 0 Å². The normalized spacial score (nSPS) is 17.4. The minimum absolute atomic E-state index is 0.0482. The monoisotopic (exact) mass is 514 g/mol. The van der Waals surface area contributed by atoms with Gasteiger partial charge < -0.3 is 14.8 Å². The molecule has 6 nitrogen and oxygen atoms in total. The second-order valence-electron chi connectivity index (χ2n) is 10.8. The van der Waals surface area contributed by atoms with Crippen molar-refractivity contribution in [3.8, 4) is 0 Å². The lowest BCUT2D eigenvalue weighted by atomic mass is 9.90. The fourth-order valence-electron chi connectivity index (χ4n) is 5.03. The summed E-state index contributed by atoms with van der Waals surface area (Å²) in [5, 5.41) is 3.65. The van der Waals surface area contributed by atoms with Crippen molar-refractivity contribution in [3.63, 3.8) is 0 Å². The first-order valence-electron chi connectivity index (χ1n) is 13.3. The number of hydrogen-bond acceptors (Lipinski definition) is 5. The number of carbonyl (C=O) groups is 2. The van der Waals surface area contributed by atoms with E-state index in [0.717, 1.165) is 16.7 Å². The highest BCUT2D eigenvalue weighted by molar-refractivity contribution is 5.87. The van der Waals surface area contributed by atoms with Gasteiger partial charge in [-0.1, -0.05) is 91.0 Å². The lowest BCUT2D eigenvalue weighted by molar-refractivity contribution is -0.168. The van der Waals surface area contributed by atoms with E-state index in [1.807, 2.05) is 87.5 Å². The third-order valence-corrected chi connectivity index (χ3v) is 6.85. The number of nitrogens with one attached hydrogen (secondary N) is 1. The van der Waals surface area contributed by atoms with Crippen LogP contribution in [0.25, 0.3) is 0 Å². The Morgan fingerprint density at radius 2 is 1.45 bits per heavy atom. The second kappa shape index (κ2) is 12.3. The molecule has 4 rings (SSSR count). The molecular formula is C32H38N2O4. The van der Waals surface area contributed by atoms with E-state index in [0.29, 0.717) is 32.4 Å². The van der Waals surface area contributed by atoms with Crippen LogP contribution in [0, 0.1) is 0 Å². The summed E-state index contributed by atoms with van der Waals surface area (Å²) in [6, 6.07) is 30.0. The van der Waals surface area contributed by atoms with E-state index in [1.54, 1.807) is 4.90 Å². The van der Waals surface area contributed by atoms with Crippen LogP contribution < -0.4 is 5.32 Å². The Kier molecular flexibility index (Phi) is 8.85. The van der Waals surface area contributed by atoms with E-state index in [1.165, 1.54) is 0 Å². The molecule has 3 aromatic carbocycles. The number of carbonyl (C=O) groups excluding carboxylic acids is 2. The van der Waals surface area contributed by atoms with Crippen molar-refractivity contribution >= 4 is 12.1 Å². The standard InChI is InChI=1S/C32H38N2O4/c1-31(2,3)38-29(35)32(20-13-23-34(32)30(36)37-24-25-14-7-4-8-15-25)21-22-33-28(26-16-9-5-10-17-26)27-18-11-6-12-19-27/h4-12,14-19,28,33H,13,20-24H2,1-3H3/t32-/m1/s1. The highest BCUT2D eigenvalue weighted by atomic mass is 16.6. The molecule has 1 heterocycles. The zero-order chi connectivity index (χ0) is 27.0. The minimum atomic E-state index is -1.09. The average molecular weight is 515 g/mol. The quantitative estimate of drug-likeness (QED) is 0.341. The molecule has 1 fully saturated rings. The maximum absolute atomic E-state index is 13.7. The first-order valence-corrected chi connectivity index (χ1v) is 13.3. The van der Waals surface area contributed by atoms with E-state index >= 15 is 0 Å². The summed E-state index contributed by atoms with van der Waals surface area (Å²) in [5.74, 6) is -0.378. The molecule has 1 aliphatic heterocycles. The number of likely N-dealkylation sites (tertiary alicyclic amines) is 1. The van der Waals surface area contributed by atoms with Crippen LogP contribution in [-0.2, 0) is 20.9 Å². The predicted octanol–water partition coefficient (Wildman–Crippen LogP) is 6.27. The van der Waals surface area contributed by atoms with Gasteiger partial charge in [0.1, 0.15) is 17.7 Å². The fraction of sp³-hybridized carbons (Fsp3) is 0.375. The largest absolute Gasteiger partial charge is 0.458 e. The Hall–Kier alpha value is -3.64. The molecule has 38 heavy (non-hydrogen) atoms. The molecule has 200 valence electrons. The molecule has 1 atom stereocenters. The van der Waals surface area contributed by atoms with Gasteiger partial charge in [0.15, 0.2) is 0 Å². The van der Waals surface area contributed by atoms with Gasteiger partial charge in [0, 0.05) is 6.54 Å². The van der Waals surface area contributed by atoms with Gasteiger partial charge in [0.05, 0.1) is 6.04 Å². The summed E-state index contributed by atoms with van der Waals surface area (Å²) in [7, 11) is 0. The number of hydrogen-bond donors (Lipinski definition) is 1. The molecule has 0 saturated carbocycles. The number of benzene rings is 3. The van der Waals surface area contributed by atoms with Gasteiger partial charge in [-0.3, -0.25) is 4.90 Å². The third-order valence-electron chi connectivity index (χ3n) is 6.85. The molecule has 1 N–H and O–H groups in total. The highest BCUT2D eigenvalue weighted by Crippen LogP contribution is 2.36. The summed E-state index contributed by atoms with van der Waals surface area (Å²) in [6.45, 7) is 6.67. The SMILES string of the molecule is CC(C)(C)OC(=O)[C@]1(CCNC(c2ccccc2)c2ccccc2)CCCN1C(=O)OCc1ccccc1. The van der Waals surface area contributed by atoms with E-state index in [-0.39, 0.29) is 18.6 Å². The van der Waals surface area contributed by atoms with Crippen molar-refractivity contribution < 1.29 is 19.1 Å². The van der Waals surface area contributed by atoms with E-state index in [2.05, 4.69) is 29.6 Å². The Morgan fingerprint density at radius 1 is 0.895 bits per heavy atom. The molecule has 0 bridgehead atoms. The van der Waals surface area contributed by atoms with Crippen LogP contribution in [0.4, 0.5) is 4.79 Å². The number of amides is 1. The number of rotatable bonds is 9. The lowest BCUT2D eigenvalue weighted by Gasteiger charge is -2.38. The summed E-state index contributed by atoms with van der Waals surface area (Å²) in [6.07, 6.45) is 1.17. The Labute approximate surface area is 226 Å². The van der Waals surface area contributed by atoms with Crippen molar-refractivity contribution in [2.45, 2.75) is 63.8 Å². The summed E-state index contributed by atoms with van der Waals surface area (Å²) in [5.41, 5.74) is 1.41. The summed E-state index contributed by atoms with van der Waals surface area (Å²) in [4.78, 5) is 28.6. The molecule has 0 aromatic heterocycles. The first kappa shape index (κ1) is 27.4. The lowest BCUT2D eigenvalue weighted by Crippen LogP contribution is -2.56. The Bertz CT molecular complexity index is 1140. The van der Waals surface area contributed by atoms with E-state index in [4.69, 9.17) is 9.47 Å². The maximum Gasteiger partial charge on any atom is 0.411 e. The van der Waals surface area contributed by atoms with Crippen molar-refractivity contribution in [2.75, 3.05) is 13.1 Å². The molecular weight excluding hydrogens is 476 g/mol. The van der Waals surface area contributed by atoms with Gasteiger partial charge >= 0.3 is 12.1 Å². The van der Waals surface area contributed by atoms with Crippen molar-refractivity contribution in [1.29, 1.82) is 0 Å². The van der Waals surface area contributed by atoms with Crippen LogP contribution >= 0.6 is 0 Å². The molecule has 0 radical (unpaired) electrons. The predicted molar refractivity (Wildman–Crippen MR) is 148 cm³/mol. The maximum atomic E-state index is 13.7. The van der Waals surface area contributed by atoms with E-state index < -0.39 is 17.2 Å². The minimum Gasteiger partial charge on any atom is -0.458 e. The molecule has 6 heteroatoms. The van der Waals surface area contributed by atoms with Gasteiger partial charge in [0.2, 0.25) is 0 Å².